The Morgan fingerprint density at radius 3 is 2.70 bits per heavy atom. The van der Waals surface area contributed by atoms with Gasteiger partial charge < -0.3 is 15.5 Å². The minimum absolute atomic E-state index is 0.0582. The number of carbonyl (C=O) groups excluding carboxylic acids is 1. The van der Waals surface area contributed by atoms with Crippen molar-refractivity contribution in [2.24, 2.45) is 0 Å². The van der Waals surface area contributed by atoms with E-state index in [0.29, 0.717) is 0 Å². The van der Waals surface area contributed by atoms with Crippen molar-refractivity contribution in [3.05, 3.63) is 24.3 Å². The third-order valence-corrected chi connectivity index (χ3v) is 3.71. The molecule has 2 rings (SSSR count). The molecular weight excluding hydrogens is 252 g/mol. The summed E-state index contributed by atoms with van der Waals surface area (Å²) < 4.78 is 0. The molecule has 1 aliphatic rings. The monoisotopic (exact) mass is 276 g/mol. The van der Waals surface area contributed by atoms with Gasteiger partial charge in [0.15, 0.2) is 0 Å². The summed E-state index contributed by atoms with van der Waals surface area (Å²) >= 11 is 0. The van der Waals surface area contributed by atoms with Gasteiger partial charge in [0.2, 0.25) is 5.91 Å². The van der Waals surface area contributed by atoms with Crippen LogP contribution in [0.5, 0.6) is 0 Å². The van der Waals surface area contributed by atoms with Gasteiger partial charge in [-0.05, 0) is 25.1 Å². The highest BCUT2D eigenvalue weighted by Crippen LogP contribution is 2.17. The highest BCUT2D eigenvalue weighted by Gasteiger charge is 2.22. The number of rotatable bonds is 4. The highest BCUT2D eigenvalue weighted by atomic mass is 16.2. The third kappa shape index (κ3) is 3.71. The van der Waals surface area contributed by atoms with Crippen LogP contribution in [-0.2, 0) is 4.79 Å². The Morgan fingerprint density at radius 1 is 1.35 bits per heavy atom. The summed E-state index contributed by atoms with van der Waals surface area (Å²) in [6.45, 7) is 5.72. The van der Waals surface area contributed by atoms with Gasteiger partial charge in [-0.25, -0.2) is 0 Å². The Labute approximate surface area is 120 Å². The maximum Gasteiger partial charge on any atom is 0.241 e. The molecule has 5 nitrogen and oxygen atoms in total. The fraction of sp³-hybridized carbons (Fsp3) is 0.533. The largest absolute Gasteiger partial charge is 0.378 e. The molecule has 1 atom stereocenters. The van der Waals surface area contributed by atoms with Crippen molar-refractivity contribution in [2.75, 3.05) is 50.5 Å². The first kappa shape index (κ1) is 14.8. The Bertz CT molecular complexity index is 455. The van der Waals surface area contributed by atoms with Crippen LogP contribution in [0, 0.1) is 0 Å². The number of hydrogen-bond acceptors (Lipinski definition) is 4. The first-order valence-corrected chi connectivity index (χ1v) is 7.11. The molecule has 0 spiro atoms. The van der Waals surface area contributed by atoms with Gasteiger partial charge in [0.1, 0.15) is 0 Å². The lowest BCUT2D eigenvalue weighted by molar-refractivity contribution is -0.120. The molecule has 2 N–H and O–H groups in total. The molecule has 0 saturated carbocycles. The molecule has 0 radical (unpaired) electrons. The number of anilines is 2. The zero-order valence-electron chi connectivity index (χ0n) is 12.5. The van der Waals surface area contributed by atoms with Gasteiger partial charge in [-0.1, -0.05) is 6.07 Å². The molecule has 0 aliphatic carbocycles. The standard InChI is InChI=1S/C15H24N4O/c1-12(19-9-7-16-8-10-19)15(20)17-13-5-4-6-14(11-13)18(2)3/h4-6,11-12,16H,7-10H2,1-3H3,(H,17,20). The minimum Gasteiger partial charge on any atom is -0.378 e. The second-order valence-electron chi connectivity index (χ2n) is 5.40. The average Bonchev–Trinajstić information content (AvgIpc) is 2.47. The maximum absolute atomic E-state index is 12.3. The van der Waals surface area contributed by atoms with Crippen LogP contribution in [0.3, 0.4) is 0 Å². The lowest BCUT2D eigenvalue weighted by Crippen LogP contribution is -2.51. The number of nitrogens with zero attached hydrogens (tertiary/aromatic N) is 2. The highest BCUT2D eigenvalue weighted by molar-refractivity contribution is 5.95. The van der Waals surface area contributed by atoms with E-state index in [4.69, 9.17) is 0 Å². The molecule has 20 heavy (non-hydrogen) atoms. The molecule has 0 bridgehead atoms. The summed E-state index contributed by atoms with van der Waals surface area (Å²) in [6, 6.07) is 7.80. The number of carbonyl (C=O) groups is 1. The van der Waals surface area contributed by atoms with E-state index in [1.807, 2.05) is 50.2 Å². The number of amides is 1. The molecule has 110 valence electrons. The summed E-state index contributed by atoms with van der Waals surface area (Å²) in [5.41, 5.74) is 1.93. The minimum atomic E-state index is -0.0971. The van der Waals surface area contributed by atoms with Gasteiger partial charge >= 0.3 is 0 Å². The van der Waals surface area contributed by atoms with Crippen molar-refractivity contribution in [1.82, 2.24) is 10.2 Å². The van der Waals surface area contributed by atoms with Gasteiger partial charge in [-0.2, -0.15) is 0 Å². The summed E-state index contributed by atoms with van der Waals surface area (Å²) in [7, 11) is 3.98. The van der Waals surface area contributed by atoms with Crippen molar-refractivity contribution >= 4 is 17.3 Å². The summed E-state index contributed by atoms with van der Waals surface area (Å²) in [5.74, 6) is 0.0582. The molecular formula is C15H24N4O. The van der Waals surface area contributed by atoms with Crippen LogP contribution in [0.15, 0.2) is 24.3 Å². The zero-order valence-corrected chi connectivity index (χ0v) is 12.5. The Balaban J connectivity index is 1.98. The molecule has 1 aliphatic heterocycles. The van der Waals surface area contributed by atoms with Crippen molar-refractivity contribution in [1.29, 1.82) is 0 Å². The molecule has 1 unspecified atom stereocenters. The summed E-state index contributed by atoms with van der Waals surface area (Å²) in [6.07, 6.45) is 0. The van der Waals surface area contributed by atoms with E-state index >= 15 is 0 Å². The summed E-state index contributed by atoms with van der Waals surface area (Å²) in [5, 5.41) is 6.31. The fourth-order valence-corrected chi connectivity index (χ4v) is 2.34. The Hall–Kier alpha value is -1.59. The van der Waals surface area contributed by atoms with Crippen molar-refractivity contribution in [3.8, 4) is 0 Å². The number of piperazine rings is 1. The average molecular weight is 276 g/mol. The van der Waals surface area contributed by atoms with E-state index in [1.165, 1.54) is 0 Å². The van der Waals surface area contributed by atoms with E-state index < -0.39 is 0 Å². The van der Waals surface area contributed by atoms with Gasteiger partial charge in [0, 0.05) is 51.6 Å². The normalized spacial score (nSPS) is 17.6. The van der Waals surface area contributed by atoms with Crippen LogP contribution in [0.4, 0.5) is 11.4 Å². The quantitative estimate of drug-likeness (QED) is 0.861. The van der Waals surface area contributed by atoms with Crippen molar-refractivity contribution in [3.63, 3.8) is 0 Å². The van der Waals surface area contributed by atoms with E-state index in [1.54, 1.807) is 0 Å². The van der Waals surface area contributed by atoms with Crippen LogP contribution in [0.1, 0.15) is 6.92 Å². The van der Waals surface area contributed by atoms with Crippen LogP contribution < -0.4 is 15.5 Å². The molecule has 1 aromatic carbocycles. The van der Waals surface area contributed by atoms with Crippen molar-refractivity contribution in [2.45, 2.75) is 13.0 Å². The molecule has 1 amide bonds. The second-order valence-corrected chi connectivity index (χ2v) is 5.40. The van der Waals surface area contributed by atoms with Gasteiger partial charge in [0.25, 0.3) is 0 Å². The number of benzene rings is 1. The third-order valence-electron chi connectivity index (χ3n) is 3.71. The topological polar surface area (TPSA) is 47.6 Å². The molecule has 1 heterocycles. The molecule has 1 saturated heterocycles. The lowest BCUT2D eigenvalue weighted by Gasteiger charge is -2.31. The Morgan fingerprint density at radius 2 is 2.05 bits per heavy atom. The van der Waals surface area contributed by atoms with Gasteiger partial charge in [0.05, 0.1) is 6.04 Å². The number of nitrogens with one attached hydrogen (secondary N) is 2. The van der Waals surface area contributed by atoms with Crippen LogP contribution >= 0.6 is 0 Å². The molecule has 5 heteroatoms. The van der Waals surface area contributed by atoms with E-state index in [-0.39, 0.29) is 11.9 Å². The molecule has 1 fully saturated rings. The zero-order chi connectivity index (χ0) is 14.5. The second kappa shape index (κ2) is 6.72. The van der Waals surface area contributed by atoms with E-state index in [2.05, 4.69) is 15.5 Å². The lowest BCUT2D eigenvalue weighted by atomic mass is 10.2. The van der Waals surface area contributed by atoms with Crippen molar-refractivity contribution < 1.29 is 4.79 Å². The smallest absolute Gasteiger partial charge is 0.241 e. The molecule has 0 aromatic heterocycles. The number of hydrogen-bond donors (Lipinski definition) is 2. The van der Waals surface area contributed by atoms with Gasteiger partial charge in [-0.3, -0.25) is 9.69 Å². The Kier molecular flexibility index (Phi) is 4.98. The summed E-state index contributed by atoms with van der Waals surface area (Å²) in [4.78, 5) is 16.5. The van der Waals surface area contributed by atoms with E-state index in [0.717, 1.165) is 37.6 Å². The first-order valence-electron chi connectivity index (χ1n) is 7.11. The first-order chi connectivity index (χ1) is 9.58. The van der Waals surface area contributed by atoms with E-state index in [9.17, 15) is 4.79 Å². The molecule has 1 aromatic rings. The predicted molar refractivity (Wildman–Crippen MR) is 83.3 cm³/mol. The SMILES string of the molecule is CC(C(=O)Nc1cccc(N(C)C)c1)N1CCNCC1. The van der Waals surface area contributed by atoms with Gasteiger partial charge in [-0.15, -0.1) is 0 Å². The van der Waals surface area contributed by atoms with Crippen LogP contribution in [0.2, 0.25) is 0 Å². The maximum atomic E-state index is 12.3. The van der Waals surface area contributed by atoms with Crippen LogP contribution in [0.25, 0.3) is 0 Å². The predicted octanol–water partition coefficient (Wildman–Crippen LogP) is 0.985. The van der Waals surface area contributed by atoms with Crippen LogP contribution in [-0.4, -0.2) is 57.1 Å². The fourth-order valence-electron chi connectivity index (χ4n) is 2.34.